The lowest BCUT2D eigenvalue weighted by atomic mass is 10.0. The maximum absolute atomic E-state index is 13.0. The van der Waals surface area contributed by atoms with Gasteiger partial charge < -0.3 is 19.3 Å². The average Bonchev–Trinajstić information content (AvgIpc) is 3.35. The molecule has 0 fully saturated rings. The molecule has 0 unspecified atom stereocenters. The van der Waals surface area contributed by atoms with Crippen LogP contribution in [0.25, 0.3) is 11.4 Å². The van der Waals surface area contributed by atoms with Gasteiger partial charge in [-0.2, -0.15) is 4.98 Å². The van der Waals surface area contributed by atoms with Crippen LogP contribution in [-0.4, -0.2) is 34.8 Å². The number of nitrogens with one attached hydrogen (secondary N) is 1. The van der Waals surface area contributed by atoms with Crippen molar-refractivity contribution >= 4 is 5.91 Å². The predicted molar refractivity (Wildman–Crippen MR) is 116 cm³/mol. The molecule has 1 N–H and O–H groups in total. The van der Waals surface area contributed by atoms with Gasteiger partial charge in [0.1, 0.15) is 18.0 Å². The quantitative estimate of drug-likeness (QED) is 0.505. The van der Waals surface area contributed by atoms with Crippen molar-refractivity contribution in [2.45, 2.75) is 45.1 Å². The number of para-hydroxylation sites is 1. The van der Waals surface area contributed by atoms with Gasteiger partial charge in [-0.05, 0) is 50.6 Å². The first-order valence-corrected chi connectivity index (χ1v) is 10.7. The Kier molecular flexibility index (Phi) is 6.39. The van der Waals surface area contributed by atoms with Crippen LogP contribution in [0.3, 0.4) is 0 Å². The van der Waals surface area contributed by atoms with Crippen molar-refractivity contribution in [3.63, 3.8) is 0 Å². The van der Waals surface area contributed by atoms with Gasteiger partial charge in [0.2, 0.25) is 17.6 Å². The molecular weight excluding hydrogens is 413 g/mol. The summed E-state index contributed by atoms with van der Waals surface area (Å²) in [7, 11) is 0. The van der Waals surface area contributed by atoms with Gasteiger partial charge in [0.25, 0.3) is 0 Å². The molecule has 2 aromatic carbocycles. The van der Waals surface area contributed by atoms with Crippen LogP contribution in [0.15, 0.2) is 47.0 Å². The Morgan fingerprint density at radius 2 is 2.03 bits per heavy atom. The Morgan fingerprint density at radius 3 is 2.84 bits per heavy atom. The molecule has 168 valence electrons. The van der Waals surface area contributed by atoms with E-state index in [1.54, 1.807) is 12.1 Å². The third kappa shape index (κ3) is 5.43. The molecule has 0 aliphatic carbocycles. The fraction of sp³-hybridized carbons (Fsp3) is 0.375. The van der Waals surface area contributed by atoms with Crippen LogP contribution in [0, 0.1) is 5.82 Å². The highest BCUT2D eigenvalue weighted by atomic mass is 19.1. The van der Waals surface area contributed by atoms with Crippen LogP contribution in [0.5, 0.6) is 11.5 Å². The van der Waals surface area contributed by atoms with Gasteiger partial charge >= 0.3 is 0 Å². The molecule has 32 heavy (non-hydrogen) atoms. The summed E-state index contributed by atoms with van der Waals surface area (Å²) in [6.07, 6.45) is 2.25. The Labute approximate surface area is 185 Å². The molecule has 1 aliphatic rings. The largest absolute Gasteiger partial charge is 0.488 e. The van der Waals surface area contributed by atoms with E-state index in [2.05, 4.69) is 29.3 Å². The number of benzene rings is 2. The van der Waals surface area contributed by atoms with Crippen LogP contribution in [0.2, 0.25) is 0 Å². The SMILES string of the molecule is CC1(C)Cc2cccc(OCCNC(=O)CCCc3nc(-c4ccc(F)cc4)no3)c2O1. The molecule has 2 heterocycles. The van der Waals surface area contributed by atoms with E-state index in [1.165, 1.54) is 12.1 Å². The molecule has 8 heteroatoms. The second kappa shape index (κ2) is 9.38. The van der Waals surface area contributed by atoms with Gasteiger partial charge in [-0.15, -0.1) is 0 Å². The number of carbonyl (C=O) groups is 1. The Hall–Kier alpha value is -3.42. The van der Waals surface area contributed by atoms with E-state index in [1.807, 2.05) is 18.2 Å². The number of halogens is 1. The van der Waals surface area contributed by atoms with Crippen molar-refractivity contribution in [1.29, 1.82) is 0 Å². The number of aryl methyl sites for hydroxylation is 1. The van der Waals surface area contributed by atoms with Crippen molar-refractivity contribution in [3.05, 3.63) is 59.7 Å². The molecule has 0 bridgehead atoms. The van der Waals surface area contributed by atoms with Crippen LogP contribution in [0.1, 0.15) is 38.1 Å². The molecular formula is C24H26FN3O4. The maximum Gasteiger partial charge on any atom is 0.226 e. The number of ether oxygens (including phenoxy) is 2. The minimum absolute atomic E-state index is 0.0671. The number of fused-ring (bicyclic) bond motifs is 1. The molecule has 7 nitrogen and oxygen atoms in total. The fourth-order valence-electron chi connectivity index (χ4n) is 3.61. The molecule has 1 aromatic heterocycles. The zero-order chi connectivity index (χ0) is 22.6. The predicted octanol–water partition coefficient (Wildman–Crippen LogP) is 4.11. The monoisotopic (exact) mass is 439 g/mol. The fourth-order valence-corrected chi connectivity index (χ4v) is 3.61. The van der Waals surface area contributed by atoms with Crippen LogP contribution < -0.4 is 14.8 Å². The van der Waals surface area contributed by atoms with Gasteiger partial charge in [-0.25, -0.2) is 4.39 Å². The van der Waals surface area contributed by atoms with E-state index in [0.717, 1.165) is 17.7 Å². The highest BCUT2D eigenvalue weighted by molar-refractivity contribution is 5.75. The molecule has 0 saturated carbocycles. The highest BCUT2D eigenvalue weighted by Gasteiger charge is 2.32. The lowest BCUT2D eigenvalue weighted by molar-refractivity contribution is -0.121. The first-order chi connectivity index (χ1) is 15.4. The molecule has 0 spiro atoms. The lowest BCUT2D eigenvalue weighted by Crippen LogP contribution is -2.28. The van der Waals surface area contributed by atoms with Crippen LogP contribution in [-0.2, 0) is 17.6 Å². The van der Waals surface area contributed by atoms with E-state index in [0.29, 0.717) is 55.4 Å². The summed E-state index contributed by atoms with van der Waals surface area (Å²) in [6, 6.07) is 11.8. The number of hydrogen-bond donors (Lipinski definition) is 1. The third-order valence-corrected chi connectivity index (χ3v) is 5.10. The summed E-state index contributed by atoms with van der Waals surface area (Å²) in [5.74, 6) is 1.96. The van der Waals surface area contributed by atoms with Gasteiger partial charge in [0, 0.05) is 30.4 Å². The Morgan fingerprint density at radius 1 is 1.22 bits per heavy atom. The lowest BCUT2D eigenvalue weighted by Gasteiger charge is -2.18. The third-order valence-electron chi connectivity index (χ3n) is 5.10. The molecule has 0 radical (unpaired) electrons. The average molecular weight is 439 g/mol. The molecule has 1 aliphatic heterocycles. The molecule has 0 saturated heterocycles. The summed E-state index contributed by atoms with van der Waals surface area (Å²) in [4.78, 5) is 16.4. The normalized spacial score (nSPS) is 14.0. The van der Waals surface area contributed by atoms with E-state index in [4.69, 9.17) is 14.0 Å². The number of rotatable bonds is 9. The minimum Gasteiger partial charge on any atom is -0.488 e. The second-order valence-corrected chi connectivity index (χ2v) is 8.35. The molecule has 3 aromatic rings. The number of amides is 1. The molecule has 4 rings (SSSR count). The minimum atomic E-state index is -0.321. The standard InChI is InChI=1S/C24H26FN3O4/c1-24(2)15-17-5-3-6-19(22(17)31-24)30-14-13-26-20(29)7-4-8-21-27-23(28-32-21)16-9-11-18(25)12-10-16/h3,5-6,9-12H,4,7-8,13-15H2,1-2H3,(H,26,29). The molecule has 1 amide bonds. The van der Waals surface area contributed by atoms with E-state index >= 15 is 0 Å². The van der Waals surface area contributed by atoms with Crippen molar-refractivity contribution < 1.29 is 23.2 Å². The van der Waals surface area contributed by atoms with Gasteiger partial charge in [-0.3, -0.25) is 4.79 Å². The van der Waals surface area contributed by atoms with E-state index in [9.17, 15) is 9.18 Å². The van der Waals surface area contributed by atoms with Crippen LogP contribution in [0.4, 0.5) is 4.39 Å². The highest BCUT2D eigenvalue weighted by Crippen LogP contribution is 2.41. The van der Waals surface area contributed by atoms with Gasteiger partial charge in [-0.1, -0.05) is 17.3 Å². The Balaban J connectivity index is 1.16. The Bertz CT molecular complexity index is 1080. The number of aromatic nitrogens is 2. The van der Waals surface area contributed by atoms with Crippen molar-refractivity contribution in [2.24, 2.45) is 0 Å². The summed E-state index contributed by atoms with van der Waals surface area (Å²) in [5.41, 5.74) is 1.59. The molecule has 0 atom stereocenters. The van der Waals surface area contributed by atoms with Crippen LogP contribution >= 0.6 is 0 Å². The van der Waals surface area contributed by atoms with Gasteiger partial charge in [0.15, 0.2) is 11.5 Å². The van der Waals surface area contributed by atoms with Gasteiger partial charge in [0.05, 0.1) is 6.54 Å². The van der Waals surface area contributed by atoms with E-state index in [-0.39, 0.29) is 17.3 Å². The van der Waals surface area contributed by atoms with Crippen molar-refractivity contribution in [2.75, 3.05) is 13.2 Å². The number of hydrogen-bond acceptors (Lipinski definition) is 6. The summed E-state index contributed by atoms with van der Waals surface area (Å²) < 4.78 is 30.0. The van der Waals surface area contributed by atoms with Crippen molar-refractivity contribution in [3.8, 4) is 22.9 Å². The number of nitrogens with zero attached hydrogens (tertiary/aromatic N) is 2. The second-order valence-electron chi connectivity index (χ2n) is 8.35. The summed E-state index contributed by atoms with van der Waals surface area (Å²) in [6.45, 7) is 4.86. The first-order valence-electron chi connectivity index (χ1n) is 10.7. The maximum atomic E-state index is 13.0. The smallest absolute Gasteiger partial charge is 0.226 e. The zero-order valence-electron chi connectivity index (χ0n) is 18.2. The number of carbonyl (C=O) groups excluding carboxylic acids is 1. The van der Waals surface area contributed by atoms with E-state index < -0.39 is 0 Å². The summed E-state index contributed by atoms with van der Waals surface area (Å²) in [5, 5.41) is 6.75. The zero-order valence-corrected chi connectivity index (χ0v) is 18.2. The summed E-state index contributed by atoms with van der Waals surface area (Å²) >= 11 is 0. The first kappa shape index (κ1) is 21.8. The van der Waals surface area contributed by atoms with Crippen molar-refractivity contribution in [1.82, 2.24) is 15.5 Å². The topological polar surface area (TPSA) is 86.5 Å².